The maximum Gasteiger partial charge on any atom is 0.306 e. The van der Waals surface area contributed by atoms with Crippen molar-refractivity contribution in [3.8, 4) is 0 Å². The molecule has 19 heavy (non-hydrogen) atoms. The van der Waals surface area contributed by atoms with Crippen molar-refractivity contribution in [2.24, 2.45) is 22.7 Å². The van der Waals surface area contributed by atoms with Crippen LogP contribution >= 0.6 is 0 Å². The van der Waals surface area contributed by atoms with Gasteiger partial charge < -0.3 is 9.84 Å². The summed E-state index contributed by atoms with van der Waals surface area (Å²) >= 11 is 0. The third-order valence-corrected chi connectivity index (χ3v) is 6.57. The Hall–Kier alpha value is -0.900. The molecule has 3 rings (SSSR count). The molecular weight excluding hydrogens is 244 g/mol. The average molecular weight is 266 g/mol. The van der Waals surface area contributed by atoms with Gasteiger partial charge in [-0.1, -0.05) is 20.8 Å². The quantitative estimate of drug-likeness (QED) is 0.678. The monoisotopic (exact) mass is 266 g/mol. The van der Waals surface area contributed by atoms with Gasteiger partial charge in [0.15, 0.2) is 0 Å². The first-order chi connectivity index (χ1) is 8.77. The van der Waals surface area contributed by atoms with Crippen LogP contribution in [0.5, 0.6) is 0 Å². The van der Waals surface area contributed by atoms with Crippen LogP contribution in [0.25, 0.3) is 0 Å². The second-order valence-electron chi connectivity index (χ2n) is 7.08. The van der Waals surface area contributed by atoms with E-state index in [4.69, 9.17) is 4.74 Å². The molecule has 1 heterocycles. The Morgan fingerprint density at radius 2 is 1.95 bits per heavy atom. The largest absolute Gasteiger partial charge is 0.465 e. The van der Waals surface area contributed by atoms with E-state index in [1.807, 2.05) is 13.8 Å². The van der Waals surface area contributed by atoms with Crippen LogP contribution in [0.2, 0.25) is 0 Å². The zero-order valence-corrected chi connectivity index (χ0v) is 11.9. The summed E-state index contributed by atoms with van der Waals surface area (Å²) in [7, 11) is 0. The molecule has 0 aromatic rings. The van der Waals surface area contributed by atoms with Crippen molar-refractivity contribution in [1.82, 2.24) is 0 Å². The van der Waals surface area contributed by atoms with Gasteiger partial charge in [-0.25, -0.2) is 0 Å². The number of cyclic esters (lactones) is 1. The van der Waals surface area contributed by atoms with E-state index < -0.39 is 16.4 Å². The molecule has 2 bridgehead atoms. The summed E-state index contributed by atoms with van der Waals surface area (Å²) in [5.74, 6) is -0.183. The summed E-state index contributed by atoms with van der Waals surface area (Å²) in [6.45, 7) is 6.00. The predicted molar refractivity (Wildman–Crippen MR) is 68.3 cm³/mol. The molecule has 4 heteroatoms. The lowest BCUT2D eigenvalue weighted by Gasteiger charge is -2.57. The van der Waals surface area contributed by atoms with Crippen molar-refractivity contribution < 1.29 is 19.4 Å². The van der Waals surface area contributed by atoms with Crippen LogP contribution in [0.15, 0.2) is 0 Å². The molecule has 0 radical (unpaired) electrons. The molecule has 4 nitrogen and oxygen atoms in total. The van der Waals surface area contributed by atoms with Gasteiger partial charge in [-0.05, 0) is 18.8 Å². The Morgan fingerprint density at radius 1 is 1.26 bits per heavy atom. The fourth-order valence-corrected chi connectivity index (χ4v) is 4.88. The van der Waals surface area contributed by atoms with Gasteiger partial charge in [-0.2, -0.15) is 0 Å². The minimum atomic E-state index is -0.959. The van der Waals surface area contributed by atoms with Crippen molar-refractivity contribution in [1.29, 1.82) is 0 Å². The van der Waals surface area contributed by atoms with E-state index in [-0.39, 0.29) is 36.6 Å². The molecule has 5 atom stereocenters. The van der Waals surface area contributed by atoms with Gasteiger partial charge in [0, 0.05) is 23.2 Å². The Bertz CT molecular complexity index is 459. The first kappa shape index (κ1) is 13.1. The Labute approximate surface area is 113 Å². The van der Waals surface area contributed by atoms with Crippen molar-refractivity contribution in [3.63, 3.8) is 0 Å². The summed E-state index contributed by atoms with van der Waals surface area (Å²) in [5.41, 5.74) is -2.23. The standard InChI is InChI=1S/C15H22O4/c1-9-4-5-15(18)13(3)8-19-12(17)7-14(9,15)6-11(16)10(13)2/h9-10,18H,4-8H2,1-3H3/t9-,10?,13+,14-,15?/m1/s1. The third kappa shape index (κ3) is 1.28. The first-order valence-electron chi connectivity index (χ1n) is 7.17. The van der Waals surface area contributed by atoms with Gasteiger partial charge in [0.1, 0.15) is 12.4 Å². The van der Waals surface area contributed by atoms with Crippen molar-refractivity contribution in [2.75, 3.05) is 6.61 Å². The minimum Gasteiger partial charge on any atom is -0.465 e. The normalized spacial score (nSPS) is 53.5. The molecule has 0 amide bonds. The van der Waals surface area contributed by atoms with Gasteiger partial charge in [-0.3, -0.25) is 9.59 Å². The van der Waals surface area contributed by atoms with E-state index in [0.29, 0.717) is 12.8 Å². The SMILES string of the molecule is CC1C(=O)C[C@]23CC(=O)OC[C@]1(C)C2(O)CC[C@H]3C. The second kappa shape index (κ2) is 3.60. The van der Waals surface area contributed by atoms with E-state index in [2.05, 4.69) is 6.92 Å². The number of ketones is 1. The molecular formula is C15H22O4. The number of hydrogen-bond acceptors (Lipinski definition) is 4. The van der Waals surface area contributed by atoms with Crippen LogP contribution in [-0.2, 0) is 14.3 Å². The number of carbonyl (C=O) groups is 2. The highest BCUT2D eigenvalue weighted by Crippen LogP contribution is 2.67. The van der Waals surface area contributed by atoms with Crippen LogP contribution in [0.3, 0.4) is 0 Å². The fourth-order valence-electron chi connectivity index (χ4n) is 4.88. The molecule has 1 aliphatic heterocycles. The molecule has 1 N–H and O–H groups in total. The molecule has 0 aromatic heterocycles. The number of Topliss-reactive ketones (excluding diaryl/α,β-unsaturated/α-hetero) is 1. The number of ether oxygens (including phenoxy) is 1. The lowest BCUT2D eigenvalue weighted by Crippen LogP contribution is -2.65. The summed E-state index contributed by atoms with van der Waals surface area (Å²) in [6, 6.07) is 0. The van der Waals surface area contributed by atoms with Crippen molar-refractivity contribution >= 4 is 11.8 Å². The highest BCUT2D eigenvalue weighted by molar-refractivity contribution is 5.86. The van der Waals surface area contributed by atoms with E-state index in [1.165, 1.54) is 0 Å². The highest BCUT2D eigenvalue weighted by atomic mass is 16.5. The summed E-state index contributed by atoms with van der Waals surface area (Å²) < 4.78 is 5.33. The Balaban J connectivity index is 2.23. The third-order valence-electron chi connectivity index (χ3n) is 6.57. The van der Waals surface area contributed by atoms with Gasteiger partial charge in [0.05, 0.1) is 12.0 Å². The summed E-state index contributed by atoms with van der Waals surface area (Å²) in [4.78, 5) is 24.4. The molecule has 106 valence electrons. The van der Waals surface area contributed by atoms with Crippen LogP contribution in [0, 0.1) is 22.7 Å². The van der Waals surface area contributed by atoms with Crippen LogP contribution in [0.4, 0.5) is 0 Å². The molecule has 2 aliphatic carbocycles. The van der Waals surface area contributed by atoms with Gasteiger partial charge in [0.2, 0.25) is 0 Å². The Morgan fingerprint density at radius 3 is 2.63 bits per heavy atom. The maximum absolute atomic E-state index is 12.4. The topological polar surface area (TPSA) is 63.6 Å². The van der Waals surface area contributed by atoms with Crippen molar-refractivity contribution in [2.45, 2.75) is 52.1 Å². The zero-order chi connectivity index (χ0) is 14.1. The molecule has 1 saturated heterocycles. The molecule has 3 aliphatic rings. The predicted octanol–water partition coefficient (Wildman–Crippen LogP) is 1.70. The van der Waals surface area contributed by atoms with Gasteiger partial charge in [-0.15, -0.1) is 0 Å². The van der Waals surface area contributed by atoms with E-state index in [1.54, 1.807) is 0 Å². The number of carbonyl (C=O) groups excluding carboxylic acids is 2. The minimum absolute atomic E-state index is 0.156. The van der Waals surface area contributed by atoms with E-state index in [9.17, 15) is 14.7 Å². The zero-order valence-electron chi connectivity index (χ0n) is 11.9. The molecule has 3 fully saturated rings. The molecule has 2 saturated carbocycles. The summed E-state index contributed by atoms with van der Waals surface area (Å²) in [6.07, 6.45) is 2.04. The van der Waals surface area contributed by atoms with Crippen LogP contribution < -0.4 is 0 Å². The van der Waals surface area contributed by atoms with Crippen LogP contribution in [0.1, 0.15) is 46.5 Å². The van der Waals surface area contributed by atoms with Crippen LogP contribution in [-0.4, -0.2) is 29.1 Å². The van der Waals surface area contributed by atoms with Gasteiger partial charge >= 0.3 is 5.97 Å². The fraction of sp³-hybridized carbons (Fsp3) is 0.867. The maximum atomic E-state index is 12.4. The highest BCUT2D eigenvalue weighted by Gasteiger charge is 2.72. The summed E-state index contributed by atoms with van der Waals surface area (Å²) in [5, 5.41) is 11.4. The number of rotatable bonds is 0. The van der Waals surface area contributed by atoms with Crippen molar-refractivity contribution in [3.05, 3.63) is 0 Å². The number of hydrogen-bond donors (Lipinski definition) is 1. The second-order valence-corrected chi connectivity index (χ2v) is 7.08. The number of aliphatic hydroxyl groups is 1. The van der Waals surface area contributed by atoms with Gasteiger partial charge in [0.25, 0.3) is 0 Å². The first-order valence-corrected chi connectivity index (χ1v) is 7.17. The average Bonchev–Trinajstić information content (AvgIpc) is 2.57. The number of esters is 1. The molecule has 2 unspecified atom stereocenters. The Kier molecular flexibility index (Phi) is 2.48. The smallest absolute Gasteiger partial charge is 0.306 e. The molecule has 0 spiro atoms. The lowest BCUT2D eigenvalue weighted by atomic mass is 9.48. The van der Waals surface area contributed by atoms with E-state index >= 15 is 0 Å². The lowest BCUT2D eigenvalue weighted by molar-refractivity contribution is -0.206. The van der Waals surface area contributed by atoms with E-state index in [0.717, 1.165) is 6.42 Å². The molecule has 0 aromatic carbocycles.